The molecule has 0 amide bonds. The summed E-state index contributed by atoms with van der Waals surface area (Å²) < 4.78 is 12.9. The number of halogens is 2. The topological polar surface area (TPSA) is 44.9 Å². The van der Waals surface area contributed by atoms with Gasteiger partial charge in [-0.05, 0) is 24.3 Å². The Hall–Kier alpha value is -1.49. The molecule has 1 heterocycles. The van der Waals surface area contributed by atoms with Crippen LogP contribution in [0.3, 0.4) is 0 Å². The van der Waals surface area contributed by atoms with Crippen LogP contribution in [0.15, 0.2) is 29.3 Å². The van der Waals surface area contributed by atoms with E-state index in [2.05, 4.69) is 15.8 Å². The van der Waals surface area contributed by atoms with Crippen molar-refractivity contribution in [2.75, 3.05) is 37.6 Å². The van der Waals surface area contributed by atoms with Gasteiger partial charge in [-0.15, -0.1) is 30.4 Å². The normalized spacial score (nSPS) is 15.5. The smallest absolute Gasteiger partial charge is 0.192 e. The van der Waals surface area contributed by atoms with Gasteiger partial charge in [0.1, 0.15) is 12.4 Å². The molecule has 0 spiro atoms. The van der Waals surface area contributed by atoms with Gasteiger partial charge >= 0.3 is 0 Å². The zero-order valence-electron chi connectivity index (χ0n) is 11.1. The molecule has 20 heavy (non-hydrogen) atoms. The highest BCUT2D eigenvalue weighted by Crippen LogP contribution is 2.16. The Morgan fingerprint density at radius 2 is 1.85 bits per heavy atom. The van der Waals surface area contributed by atoms with Gasteiger partial charge in [0.05, 0.1) is 0 Å². The molecule has 0 saturated carbocycles. The number of benzene rings is 1. The van der Waals surface area contributed by atoms with E-state index in [1.165, 1.54) is 12.1 Å². The summed E-state index contributed by atoms with van der Waals surface area (Å²) in [5.41, 5.74) is 6.88. The maximum atomic E-state index is 12.9. The first kappa shape index (κ1) is 16.6. The Labute approximate surface area is 135 Å². The molecule has 1 saturated heterocycles. The van der Waals surface area contributed by atoms with Crippen molar-refractivity contribution < 1.29 is 4.39 Å². The molecule has 2 N–H and O–H groups in total. The highest BCUT2D eigenvalue weighted by molar-refractivity contribution is 14.0. The number of terminal acetylenes is 1. The summed E-state index contributed by atoms with van der Waals surface area (Å²) in [5.74, 6) is 2.72. The van der Waals surface area contributed by atoms with Crippen molar-refractivity contribution in [2.24, 2.45) is 10.7 Å². The molecule has 0 aliphatic carbocycles. The molecule has 4 nitrogen and oxygen atoms in total. The summed E-state index contributed by atoms with van der Waals surface area (Å²) >= 11 is 0. The van der Waals surface area contributed by atoms with Gasteiger partial charge in [-0.3, -0.25) is 0 Å². The monoisotopic (exact) mass is 388 g/mol. The minimum absolute atomic E-state index is 0. The van der Waals surface area contributed by atoms with Crippen LogP contribution in [0.25, 0.3) is 0 Å². The van der Waals surface area contributed by atoms with Gasteiger partial charge in [0, 0.05) is 31.9 Å². The predicted octanol–water partition coefficient (Wildman–Crippen LogP) is 1.51. The highest BCUT2D eigenvalue weighted by atomic mass is 127. The van der Waals surface area contributed by atoms with E-state index in [1.807, 2.05) is 4.90 Å². The Morgan fingerprint density at radius 3 is 2.40 bits per heavy atom. The maximum absolute atomic E-state index is 12.9. The van der Waals surface area contributed by atoms with E-state index in [0.29, 0.717) is 12.5 Å². The van der Waals surface area contributed by atoms with Crippen LogP contribution in [0.2, 0.25) is 0 Å². The summed E-state index contributed by atoms with van der Waals surface area (Å²) in [6.45, 7) is 3.55. The van der Waals surface area contributed by atoms with Gasteiger partial charge in [0.15, 0.2) is 5.96 Å². The molecule has 0 unspecified atom stereocenters. The van der Waals surface area contributed by atoms with Crippen LogP contribution in [0, 0.1) is 18.2 Å². The summed E-state index contributed by atoms with van der Waals surface area (Å²) in [6, 6.07) is 6.54. The molecule has 108 valence electrons. The maximum Gasteiger partial charge on any atom is 0.192 e. The van der Waals surface area contributed by atoms with Crippen LogP contribution >= 0.6 is 24.0 Å². The molecule has 1 aromatic carbocycles. The van der Waals surface area contributed by atoms with Crippen LogP contribution in [-0.2, 0) is 0 Å². The summed E-state index contributed by atoms with van der Waals surface area (Å²) in [6.07, 6.45) is 5.15. The van der Waals surface area contributed by atoms with E-state index in [1.54, 1.807) is 12.1 Å². The average Bonchev–Trinajstić information content (AvgIpc) is 2.46. The van der Waals surface area contributed by atoms with Crippen LogP contribution < -0.4 is 10.6 Å². The number of hydrogen-bond donors (Lipinski definition) is 1. The van der Waals surface area contributed by atoms with E-state index in [4.69, 9.17) is 12.2 Å². The van der Waals surface area contributed by atoms with Gasteiger partial charge < -0.3 is 15.5 Å². The fraction of sp³-hybridized carbons (Fsp3) is 0.357. The number of aliphatic imine (C=N–C) groups is 1. The molecule has 0 bridgehead atoms. The first-order valence-corrected chi connectivity index (χ1v) is 6.19. The SMILES string of the molecule is C#CCN=C(N)N1CCN(c2ccc(F)cc2)CC1.I. The lowest BCUT2D eigenvalue weighted by Crippen LogP contribution is -2.51. The molecule has 1 fully saturated rings. The van der Waals surface area contributed by atoms with Crippen molar-refractivity contribution in [1.82, 2.24) is 4.90 Å². The quantitative estimate of drug-likeness (QED) is 0.362. The summed E-state index contributed by atoms with van der Waals surface area (Å²) in [7, 11) is 0. The van der Waals surface area contributed by atoms with Crippen LogP contribution in [0.5, 0.6) is 0 Å². The summed E-state index contributed by atoms with van der Waals surface area (Å²) in [4.78, 5) is 8.30. The van der Waals surface area contributed by atoms with Crippen molar-refractivity contribution in [3.63, 3.8) is 0 Å². The standard InChI is InChI=1S/C14H17FN4.HI/c1-2-7-17-14(16)19-10-8-18(9-11-19)13-5-3-12(15)4-6-13;/h1,3-6H,7-11H2,(H2,16,17);1H. The lowest BCUT2D eigenvalue weighted by atomic mass is 10.2. The van der Waals surface area contributed by atoms with Crippen LogP contribution in [0.4, 0.5) is 10.1 Å². The second kappa shape index (κ2) is 7.94. The molecular formula is C14H18FIN4. The van der Waals surface area contributed by atoms with Crippen molar-refractivity contribution in [1.29, 1.82) is 0 Å². The van der Waals surface area contributed by atoms with E-state index in [9.17, 15) is 4.39 Å². The third-order valence-electron chi connectivity index (χ3n) is 3.13. The largest absolute Gasteiger partial charge is 0.370 e. The van der Waals surface area contributed by atoms with E-state index >= 15 is 0 Å². The summed E-state index contributed by atoms with van der Waals surface area (Å²) in [5, 5.41) is 0. The minimum Gasteiger partial charge on any atom is -0.370 e. The average molecular weight is 388 g/mol. The van der Waals surface area contributed by atoms with Crippen molar-refractivity contribution in [3.05, 3.63) is 30.1 Å². The van der Waals surface area contributed by atoms with Crippen molar-refractivity contribution in [2.45, 2.75) is 0 Å². The van der Waals surface area contributed by atoms with Gasteiger partial charge in [0.25, 0.3) is 0 Å². The number of hydrogen-bond acceptors (Lipinski definition) is 2. The lowest BCUT2D eigenvalue weighted by molar-refractivity contribution is 0.381. The van der Waals surface area contributed by atoms with Gasteiger partial charge in [-0.2, -0.15) is 0 Å². The fourth-order valence-corrected chi connectivity index (χ4v) is 2.07. The number of rotatable bonds is 2. The third-order valence-corrected chi connectivity index (χ3v) is 3.13. The van der Waals surface area contributed by atoms with Gasteiger partial charge in [-0.25, -0.2) is 9.38 Å². The van der Waals surface area contributed by atoms with E-state index in [0.717, 1.165) is 31.9 Å². The second-order valence-electron chi connectivity index (χ2n) is 4.33. The fourth-order valence-electron chi connectivity index (χ4n) is 2.07. The Balaban J connectivity index is 0.00000200. The molecule has 1 aliphatic rings. The Bertz CT molecular complexity index is 487. The predicted molar refractivity (Wildman–Crippen MR) is 90.9 cm³/mol. The van der Waals surface area contributed by atoms with Gasteiger partial charge in [-0.1, -0.05) is 5.92 Å². The molecule has 2 rings (SSSR count). The zero-order chi connectivity index (χ0) is 13.7. The Kier molecular flexibility index (Phi) is 6.58. The molecule has 0 atom stereocenters. The van der Waals surface area contributed by atoms with Crippen LogP contribution in [-0.4, -0.2) is 43.6 Å². The highest BCUT2D eigenvalue weighted by Gasteiger charge is 2.18. The lowest BCUT2D eigenvalue weighted by Gasteiger charge is -2.36. The second-order valence-corrected chi connectivity index (χ2v) is 4.33. The number of anilines is 1. The van der Waals surface area contributed by atoms with Crippen molar-refractivity contribution >= 4 is 35.6 Å². The van der Waals surface area contributed by atoms with Gasteiger partial charge in [0.2, 0.25) is 0 Å². The number of nitrogens with two attached hydrogens (primary N) is 1. The molecule has 0 aromatic heterocycles. The van der Waals surface area contributed by atoms with Crippen LogP contribution in [0.1, 0.15) is 0 Å². The third kappa shape index (κ3) is 4.27. The van der Waals surface area contributed by atoms with Crippen molar-refractivity contribution in [3.8, 4) is 12.3 Å². The number of guanidine groups is 1. The molecular weight excluding hydrogens is 370 g/mol. The first-order chi connectivity index (χ1) is 9.20. The first-order valence-electron chi connectivity index (χ1n) is 6.19. The minimum atomic E-state index is -0.215. The number of piperazine rings is 1. The molecule has 1 aliphatic heterocycles. The zero-order valence-corrected chi connectivity index (χ0v) is 13.5. The van der Waals surface area contributed by atoms with E-state index in [-0.39, 0.29) is 29.8 Å². The number of nitrogens with zero attached hydrogens (tertiary/aromatic N) is 3. The molecule has 6 heteroatoms. The molecule has 0 radical (unpaired) electrons. The Morgan fingerprint density at radius 1 is 1.25 bits per heavy atom. The molecule has 1 aromatic rings. The van der Waals surface area contributed by atoms with E-state index < -0.39 is 0 Å².